The molecule has 26 heavy (non-hydrogen) atoms. The summed E-state index contributed by atoms with van der Waals surface area (Å²) < 4.78 is 11.7. The van der Waals surface area contributed by atoms with Crippen LogP contribution >= 0.6 is 0 Å². The highest BCUT2D eigenvalue weighted by molar-refractivity contribution is 6.66. The molecule has 0 aliphatic carbocycles. The molecule has 4 rings (SSSR count). The van der Waals surface area contributed by atoms with Crippen LogP contribution in [0.1, 0.15) is 16.7 Å². The van der Waals surface area contributed by atoms with Gasteiger partial charge in [-0.05, 0) is 42.9 Å². The molecule has 1 aliphatic heterocycles. The topological polar surface area (TPSA) is 56.3 Å². The van der Waals surface area contributed by atoms with Crippen LogP contribution in [0.4, 0.5) is 5.82 Å². The van der Waals surface area contributed by atoms with Crippen molar-refractivity contribution in [3.05, 3.63) is 47.0 Å². The van der Waals surface area contributed by atoms with Gasteiger partial charge in [0.15, 0.2) is 5.82 Å². The third-order valence-electron chi connectivity index (χ3n) is 5.19. The number of rotatable bonds is 3. The normalized spacial score (nSPS) is 14.2. The molecule has 1 fully saturated rings. The van der Waals surface area contributed by atoms with E-state index in [0.717, 1.165) is 33.3 Å². The van der Waals surface area contributed by atoms with Gasteiger partial charge >= 0.3 is 7.12 Å². The second kappa shape index (κ2) is 6.70. The maximum absolute atomic E-state index is 5.83. The highest BCUT2D eigenvalue weighted by Gasteiger charge is 2.33. The molecule has 0 amide bonds. The Balaban J connectivity index is 2.06. The van der Waals surface area contributed by atoms with Crippen molar-refractivity contribution in [1.82, 2.24) is 9.97 Å². The lowest BCUT2D eigenvalue weighted by Crippen LogP contribution is -2.36. The molecule has 5 nitrogen and oxygen atoms in total. The average molecular weight is 347 g/mol. The van der Waals surface area contributed by atoms with E-state index in [9.17, 15) is 0 Å². The Kier molecular flexibility index (Phi) is 4.38. The molecular formula is C20H22BN3O2. The smallest absolute Gasteiger partial charge is 0.405 e. The van der Waals surface area contributed by atoms with Crippen molar-refractivity contribution in [2.24, 2.45) is 0 Å². The molecular weight excluding hydrogens is 325 g/mol. The average Bonchev–Trinajstić information content (AvgIpc) is 3.21. The molecule has 132 valence electrons. The lowest BCUT2D eigenvalue weighted by Gasteiger charge is -2.20. The van der Waals surface area contributed by atoms with Gasteiger partial charge in [0.05, 0.1) is 18.7 Å². The van der Waals surface area contributed by atoms with Gasteiger partial charge in [-0.1, -0.05) is 30.3 Å². The minimum atomic E-state index is -0.366. The highest BCUT2D eigenvalue weighted by Crippen LogP contribution is 2.30. The standard InChI is InChI=1S/C20H22BN3O2/c1-12-13(2)17(21-25-10-11-26-21)16-18(14(12)3)23-19(24-20(16)22-4)15-8-6-5-7-9-15/h5-9H,10-11H2,1-4H3,(H,22,23,24). The number of nitrogens with zero attached hydrogens (tertiary/aromatic N) is 2. The number of anilines is 1. The molecule has 0 bridgehead atoms. The zero-order valence-corrected chi connectivity index (χ0v) is 15.6. The minimum Gasteiger partial charge on any atom is -0.405 e. The molecule has 1 saturated heterocycles. The number of fused-ring (bicyclic) bond motifs is 1. The molecule has 0 radical (unpaired) electrons. The van der Waals surface area contributed by atoms with E-state index in [1.165, 1.54) is 11.1 Å². The van der Waals surface area contributed by atoms with Gasteiger partial charge in [0, 0.05) is 18.0 Å². The van der Waals surface area contributed by atoms with E-state index in [0.29, 0.717) is 19.0 Å². The summed E-state index contributed by atoms with van der Waals surface area (Å²) in [5, 5.41) is 4.24. The van der Waals surface area contributed by atoms with Gasteiger partial charge in [-0.15, -0.1) is 0 Å². The van der Waals surface area contributed by atoms with Gasteiger partial charge in [-0.2, -0.15) is 0 Å². The van der Waals surface area contributed by atoms with E-state index in [4.69, 9.17) is 19.3 Å². The number of aryl methyl sites for hydroxylation is 1. The summed E-state index contributed by atoms with van der Waals surface area (Å²) >= 11 is 0. The number of hydrogen-bond acceptors (Lipinski definition) is 5. The van der Waals surface area contributed by atoms with Gasteiger partial charge in [0.2, 0.25) is 0 Å². The molecule has 0 unspecified atom stereocenters. The van der Waals surface area contributed by atoms with Gasteiger partial charge in [-0.25, -0.2) is 9.97 Å². The van der Waals surface area contributed by atoms with Gasteiger partial charge in [0.1, 0.15) is 5.82 Å². The largest absolute Gasteiger partial charge is 0.495 e. The van der Waals surface area contributed by atoms with E-state index in [1.54, 1.807) is 0 Å². The minimum absolute atomic E-state index is 0.366. The highest BCUT2D eigenvalue weighted by atomic mass is 16.6. The predicted molar refractivity (Wildman–Crippen MR) is 106 cm³/mol. The Morgan fingerprint density at radius 2 is 1.62 bits per heavy atom. The Labute approximate surface area is 153 Å². The van der Waals surface area contributed by atoms with Crippen LogP contribution in [0, 0.1) is 20.8 Å². The molecule has 3 aromatic rings. The summed E-state index contributed by atoms with van der Waals surface area (Å²) in [6, 6.07) is 10.1. The number of nitrogens with one attached hydrogen (secondary N) is 1. The molecule has 1 N–H and O–H groups in total. The van der Waals surface area contributed by atoms with Crippen LogP contribution in [0.25, 0.3) is 22.3 Å². The fraction of sp³-hybridized carbons (Fsp3) is 0.300. The Hall–Kier alpha value is -2.44. The van der Waals surface area contributed by atoms with Crippen molar-refractivity contribution in [2.45, 2.75) is 20.8 Å². The fourth-order valence-electron chi connectivity index (χ4n) is 3.55. The summed E-state index contributed by atoms with van der Waals surface area (Å²) in [5.74, 6) is 1.52. The zero-order chi connectivity index (χ0) is 18.3. The summed E-state index contributed by atoms with van der Waals surface area (Å²) in [5.41, 5.74) is 6.53. The van der Waals surface area contributed by atoms with Gasteiger partial charge in [-0.3, -0.25) is 0 Å². The van der Waals surface area contributed by atoms with Crippen LogP contribution in [0.5, 0.6) is 0 Å². The first-order valence-corrected chi connectivity index (χ1v) is 8.89. The zero-order valence-electron chi connectivity index (χ0n) is 15.6. The van der Waals surface area contributed by atoms with E-state index >= 15 is 0 Å². The van der Waals surface area contributed by atoms with Crippen LogP contribution in [0.3, 0.4) is 0 Å². The Morgan fingerprint density at radius 1 is 0.923 bits per heavy atom. The SMILES string of the molecule is CNc1nc(-c2ccccc2)nc2c(C)c(C)c(C)c(B3OCCO3)c12. The van der Waals surface area contributed by atoms with Gasteiger partial charge in [0.25, 0.3) is 0 Å². The first-order valence-electron chi connectivity index (χ1n) is 8.89. The third-order valence-corrected chi connectivity index (χ3v) is 5.19. The number of benzene rings is 2. The lowest BCUT2D eigenvalue weighted by atomic mass is 9.72. The maximum atomic E-state index is 5.83. The molecule has 6 heteroatoms. The summed E-state index contributed by atoms with van der Waals surface area (Å²) in [6.45, 7) is 7.58. The molecule has 1 aliphatic rings. The molecule has 1 aromatic heterocycles. The lowest BCUT2D eigenvalue weighted by molar-refractivity contribution is 0.365. The summed E-state index contributed by atoms with van der Waals surface area (Å²) in [6.07, 6.45) is 0. The van der Waals surface area contributed by atoms with E-state index < -0.39 is 0 Å². The van der Waals surface area contributed by atoms with Crippen molar-refractivity contribution in [2.75, 3.05) is 25.6 Å². The van der Waals surface area contributed by atoms with Crippen molar-refractivity contribution >= 4 is 29.3 Å². The molecule has 0 spiro atoms. The predicted octanol–water partition coefficient (Wildman–Crippen LogP) is 3.01. The quantitative estimate of drug-likeness (QED) is 0.738. The van der Waals surface area contributed by atoms with Crippen molar-refractivity contribution < 1.29 is 9.31 Å². The molecule has 2 aromatic carbocycles. The van der Waals surface area contributed by atoms with Crippen LogP contribution < -0.4 is 10.8 Å². The third kappa shape index (κ3) is 2.66. The molecule has 0 atom stereocenters. The van der Waals surface area contributed by atoms with Crippen LogP contribution in [0.2, 0.25) is 0 Å². The number of hydrogen-bond donors (Lipinski definition) is 1. The first kappa shape index (κ1) is 17.0. The number of aromatic nitrogens is 2. The monoisotopic (exact) mass is 347 g/mol. The first-order chi connectivity index (χ1) is 12.6. The Bertz CT molecular complexity index is 970. The van der Waals surface area contributed by atoms with Crippen LogP contribution in [0.15, 0.2) is 30.3 Å². The fourth-order valence-corrected chi connectivity index (χ4v) is 3.55. The van der Waals surface area contributed by atoms with Crippen molar-refractivity contribution in [3.8, 4) is 11.4 Å². The van der Waals surface area contributed by atoms with Crippen LogP contribution in [-0.4, -0.2) is 37.3 Å². The maximum Gasteiger partial charge on any atom is 0.495 e. The second-order valence-electron chi connectivity index (χ2n) is 6.60. The van der Waals surface area contributed by atoms with E-state index in [2.05, 4.69) is 26.1 Å². The molecule has 0 saturated carbocycles. The van der Waals surface area contributed by atoms with Crippen molar-refractivity contribution in [1.29, 1.82) is 0 Å². The Morgan fingerprint density at radius 3 is 2.27 bits per heavy atom. The summed E-state index contributed by atoms with van der Waals surface area (Å²) in [7, 11) is 1.52. The molecule has 2 heterocycles. The van der Waals surface area contributed by atoms with Gasteiger partial charge < -0.3 is 14.6 Å². The summed E-state index contributed by atoms with van der Waals surface area (Å²) in [4.78, 5) is 9.73. The van der Waals surface area contributed by atoms with Crippen molar-refractivity contribution in [3.63, 3.8) is 0 Å². The van der Waals surface area contributed by atoms with E-state index in [1.807, 2.05) is 37.4 Å². The van der Waals surface area contributed by atoms with E-state index in [-0.39, 0.29) is 7.12 Å². The second-order valence-corrected chi connectivity index (χ2v) is 6.60. The van der Waals surface area contributed by atoms with Crippen LogP contribution in [-0.2, 0) is 9.31 Å².